The van der Waals surface area contributed by atoms with E-state index >= 15 is 0 Å². The van der Waals surface area contributed by atoms with E-state index in [9.17, 15) is 9.59 Å². The van der Waals surface area contributed by atoms with E-state index in [0.29, 0.717) is 12.2 Å². The molecular weight excluding hydrogens is 192 g/mol. The number of aromatic nitrogens is 1. The summed E-state index contributed by atoms with van der Waals surface area (Å²) in [6.07, 6.45) is 3.32. The number of nitrogens with zero attached hydrogens (tertiary/aromatic N) is 1. The van der Waals surface area contributed by atoms with E-state index in [1.165, 1.54) is 6.92 Å². The molecule has 0 bridgehead atoms. The lowest BCUT2D eigenvalue weighted by atomic mass is 10.3. The summed E-state index contributed by atoms with van der Waals surface area (Å²) in [6.45, 7) is 5.58. The molecule has 80 valence electrons. The Morgan fingerprint density at radius 1 is 1.60 bits per heavy atom. The van der Waals surface area contributed by atoms with Gasteiger partial charge < -0.3 is 9.88 Å². The Labute approximate surface area is 88.6 Å². The summed E-state index contributed by atoms with van der Waals surface area (Å²) < 4.78 is 1.63. The van der Waals surface area contributed by atoms with Crippen molar-refractivity contribution in [1.82, 2.24) is 9.88 Å². The molecule has 0 aromatic carbocycles. The van der Waals surface area contributed by atoms with Gasteiger partial charge in [-0.05, 0) is 12.1 Å². The van der Waals surface area contributed by atoms with Gasteiger partial charge in [0.05, 0.1) is 5.69 Å². The third-order valence-electron chi connectivity index (χ3n) is 1.95. The zero-order valence-corrected chi connectivity index (χ0v) is 8.69. The van der Waals surface area contributed by atoms with Gasteiger partial charge in [-0.15, -0.1) is 6.58 Å². The summed E-state index contributed by atoms with van der Waals surface area (Å²) in [5, 5.41) is 2.65. The first kappa shape index (κ1) is 11.2. The van der Waals surface area contributed by atoms with Crippen molar-refractivity contribution < 1.29 is 9.59 Å². The number of hydrogen-bond acceptors (Lipinski definition) is 2. The fourth-order valence-corrected chi connectivity index (χ4v) is 1.27. The van der Waals surface area contributed by atoms with Crippen molar-refractivity contribution in [2.24, 2.45) is 0 Å². The fraction of sp³-hybridized carbons (Fsp3) is 0.273. The van der Waals surface area contributed by atoms with Crippen LogP contribution >= 0.6 is 0 Å². The van der Waals surface area contributed by atoms with Gasteiger partial charge in [0.1, 0.15) is 6.54 Å². The Morgan fingerprint density at radius 3 is 2.93 bits per heavy atom. The molecule has 1 aromatic heterocycles. The number of Topliss-reactive ketones (excluding diaryl/α,β-unsaturated/α-hetero) is 1. The number of amides is 1. The van der Waals surface area contributed by atoms with Gasteiger partial charge in [0.15, 0.2) is 5.78 Å². The molecule has 15 heavy (non-hydrogen) atoms. The molecule has 1 heterocycles. The lowest BCUT2D eigenvalue weighted by Crippen LogP contribution is -2.28. The van der Waals surface area contributed by atoms with Crippen LogP contribution in [-0.4, -0.2) is 22.8 Å². The number of hydrogen-bond donors (Lipinski definition) is 1. The van der Waals surface area contributed by atoms with Crippen LogP contribution in [-0.2, 0) is 11.3 Å². The van der Waals surface area contributed by atoms with Gasteiger partial charge in [-0.25, -0.2) is 0 Å². The van der Waals surface area contributed by atoms with Crippen LogP contribution in [0, 0.1) is 0 Å². The van der Waals surface area contributed by atoms with E-state index < -0.39 is 0 Å². The van der Waals surface area contributed by atoms with E-state index in [0.717, 1.165) is 0 Å². The van der Waals surface area contributed by atoms with Crippen LogP contribution in [0.2, 0.25) is 0 Å². The minimum atomic E-state index is -0.131. The molecular formula is C11H14N2O2. The average molecular weight is 206 g/mol. The van der Waals surface area contributed by atoms with Crippen molar-refractivity contribution in [1.29, 1.82) is 0 Å². The molecule has 0 saturated carbocycles. The number of rotatable bonds is 5. The lowest BCUT2D eigenvalue weighted by Gasteiger charge is -2.06. The standard InChI is InChI=1S/C11H14N2O2/c1-3-6-12-11(15)8-13-7-4-5-10(13)9(2)14/h3-5,7H,1,6,8H2,2H3,(H,12,15). The third kappa shape index (κ3) is 3.09. The maximum Gasteiger partial charge on any atom is 0.240 e. The molecule has 0 atom stereocenters. The van der Waals surface area contributed by atoms with Crippen LogP contribution in [0.5, 0.6) is 0 Å². The minimum absolute atomic E-state index is 0.0449. The molecule has 1 amide bonds. The highest BCUT2D eigenvalue weighted by Gasteiger charge is 2.08. The molecule has 0 saturated heterocycles. The van der Waals surface area contributed by atoms with Gasteiger partial charge in [-0.1, -0.05) is 6.08 Å². The molecule has 4 heteroatoms. The molecule has 0 aliphatic carbocycles. The van der Waals surface area contributed by atoms with Crippen LogP contribution in [0.15, 0.2) is 31.0 Å². The molecule has 0 fully saturated rings. The summed E-state index contributed by atoms with van der Waals surface area (Å²) in [7, 11) is 0. The maximum atomic E-state index is 11.4. The van der Waals surface area contributed by atoms with Gasteiger partial charge in [0.2, 0.25) is 5.91 Å². The fourth-order valence-electron chi connectivity index (χ4n) is 1.27. The third-order valence-corrected chi connectivity index (χ3v) is 1.95. The SMILES string of the molecule is C=CCNC(=O)Cn1cccc1C(C)=O. The Balaban J connectivity index is 2.64. The van der Waals surface area contributed by atoms with E-state index in [1.807, 2.05) is 0 Å². The predicted molar refractivity (Wildman–Crippen MR) is 57.6 cm³/mol. The first-order valence-corrected chi connectivity index (χ1v) is 4.69. The quantitative estimate of drug-likeness (QED) is 0.577. The maximum absolute atomic E-state index is 11.4. The normalized spacial score (nSPS) is 9.67. The molecule has 0 aliphatic heterocycles. The highest BCUT2D eigenvalue weighted by atomic mass is 16.2. The van der Waals surface area contributed by atoms with Crippen molar-refractivity contribution >= 4 is 11.7 Å². The minimum Gasteiger partial charge on any atom is -0.351 e. The summed E-state index contributed by atoms with van der Waals surface area (Å²) in [5.41, 5.74) is 0.545. The Morgan fingerprint density at radius 2 is 2.33 bits per heavy atom. The Hall–Kier alpha value is -1.84. The number of carbonyl (C=O) groups excluding carboxylic acids is 2. The zero-order valence-electron chi connectivity index (χ0n) is 8.69. The van der Waals surface area contributed by atoms with Crippen molar-refractivity contribution in [2.45, 2.75) is 13.5 Å². The highest BCUT2D eigenvalue weighted by Crippen LogP contribution is 2.02. The van der Waals surface area contributed by atoms with Crippen LogP contribution in [0.25, 0.3) is 0 Å². The second-order valence-electron chi connectivity index (χ2n) is 3.17. The summed E-state index contributed by atoms with van der Waals surface area (Å²) in [4.78, 5) is 22.5. The Bertz CT molecular complexity index is 380. The smallest absolute Gasteiger partial charge is 0.240 e. The number of nitrogens with one attached hydrogen (secondary N) is 1. The molecule has 0 radical (unpaired) electrons. The van der Waals surface area contributed by atoms with Gasteiger partial charge in [-0.3, -0.25) is 9.59 Å². The first-order valence-electron chi connectivity index (χ1n) is 4.69. The zero-order chi connectivity index (χ0) is 11.3. The van der Waals surface area contributed by atoms with Crippen molar-refractivity contribution in [3.8, 4) is 0 Å². The van der Waals surface area contributed by atoms with E-state index in [2.05, 4.69) is 11.9 Å². The van der Waals surface area contributed by atoms with E-state index in [-0.39, 0.29) is 18.2 Å². The summed E-state index contributed by atoms with van der Waals surface area (Å²) in [6, 6.07) is 3.45. The molecule has 0 spiro atoms. The number of carbonyl (C=O) groups is 2. The van der Waals surface area contributed by atoms with Crippen molar-refractivity contribution in [2.75, 3.05) is 6.54 Å². The van der Waals surface area contributed by atoms with Crippen molar-refractivity contribution in [3.05, 3.63) is 36.7 Å². The van der Waals surface area contributed by atoms with Crippen LogP contribution in [0.4, 0.5) is 0 Å². The lowest BCUT2D eigenvalue weighted by molar-refractivity contribution is -0.121. The summed E-state index contributed by atoms with van der Waals surface area (Å²) >= 11 is 0. The molecule has 4 nitrogen and oxygen atoms in total. The van der Waals surface area contributed by atoms with Gasteiger partial charge in [-0.2, -0.15) is 0 Å². The van der Waals surface area contributed by atoms with Crippen LogP contribution < -0.4 is 5.32 Å². The van der Waals surface area contributed by atoms with Gasteiger partial charge in [0.25, 0.3) is 0 Å². The number of ketones is 1. The highest BCUT2D eigenvalue weighted by molar-refractivity contribution is 5.93. The predicted octanol–water partition coefficient (Wildman–Crippen LogP) is 0.993. The summed E-state index contributed by atoms with van der Waals surface area (Å²) in [5.74, 6) is -0.176. The average Bonchev–Trinajstić information content (AvgIpc) is 2.62. The molecule has 1 N–H and O–H groups in total. The Kier molecular flexibility index (Phi) is 3.85. The van der Waals surface area contributed by atoms with Crippen LogP contribution in [0.1, 0.15) is 17.4 Å². The van der Waals surface area contributed by atoms with Gasteiger partial charge in [0, 0.05) is 19.7 Å². The van der Waals surface area contributed by atoms with E-state index in [4.69, 9.17) is 0 Å². The largest absolute Gasteiger partial charge is 0.351 e. The topological polar surface area (TPSA) is 51.1 Å². The van der Waals surface area contributed by atoms with E-state index in [1.54, 1.807) is 29.0 Å². The molecule has 0 aliphatic rings. The van der Waals surface area contributed by atoms with Crippen LogP contribution in [0.3, 0.4) is 0 Å². The second-order valence-corrected chi connectivity index (χ2v) is 3.17. The monoisotopic (exact) mass is 206 g/mol. The molecule has 1 rings (SSSR count). The molecule has 1 aromatic rings. The van der Waals surface area contributed by atoms with Crippen molar-refractivity contribution in [3.63, 3.8) is 0 Å². The van der Waals surface area contributed by atoms with Gasteiger partial charge >= 0.3 is 0 Å². The molecule has 0 unspecified atom stereocenters. The second kappa shape index (κ2) is 5.14. The first-order chi connectivity index (χ1) is 7.15.